The lowest BCUT2D eigenvalue weighted by atomic mass is 9.98. The first-order valence-corrected chi connectivity index (χ1v) is 7.14. The zero-order valence-electron chi connectivity index (χ0n) is 11.9. The smallest absolute Gasteiger partial charge is 0.118 e. The van der Waals surface area contributed by atoms with Crippen LogP contribution in [0.5, 0.6) is 0 Å². The summed E-state index contributed by atoms with van der Waals surface area (Å²) in [6.07, 6.45) is 2.16. The standard InChI is InChI=1S/C13H25N3S/c1-9(2)7-11(14-13(4,5)6)8-12-16-15-10(3)17-12/h9,11,14H,7-8H2,1-6H3/t11-/m0/s1. The summed E-state index contributed by atoms with van der Waals surface area (Å²) in [6, 6.07) is 0.488. The van der Waals surface area contributed by atoms with E-state index in [4.69, 9.17) is 0 Å². The van der Waals surface area contributed by atoms with Crippen molar-refractivity contribution >= 4 is 11.3 Å². The molecule has 0 aliphatic carbocycles. The molecule has 1 N–H and O–H groups in total. The van der Waals surface area contributed by atoms with E-state index in [2.05, 4.69) is 50.1 Å². The van der Waals surface area contributed by atoms with E-state index >= 15 is 0 Å². The van der Waals surface area contributed by atoms with Gasteiger partial charge in [-0.15, -0.1) is 21.5 Å². The monoisotopic (exact) mass is 255 g/mol. The molecule has 4 heteroatoms. The zero-order chi connectivity index (χ0) is 13.1. The third-order valence-electron chi connectivity index (χ3n) is 2.38. The molecule has 1 aromatic heterocycles. The van der Waals surface area contributed by atoms with Gasteiger partial charge in [0.25, 0.3) is 0 Å². The molecule has 98 valence electrons. The van der Waals surface area contributed by atoms with Gasteiger partial charge in [0.2, 0.25) is 0 Å². The van der Waals surface area contributed by atoms with Crippen LogP contribution < -0.4 is 5.32 Å². The predicted molar refractivity (Wildman–Crippen MR) is 74.5 cm³/mol. The first-order valence-electron chi connectivity index (χ1n) is 6.33. The van der Waals surface area contributed by atoms with E-state index in [-0.39, 0.29) is 5.54 Å². The molecule has 0 bridgehead atoms. The minimum absolute atomic E-state index is 0.152. The summed E-state index contributed by atoms with van der Waals surface area (Å²) in [7, 11) is 0. The maximum atomic E-state index is 4.22. The molecule has 0 saturated carbocycles. The minimum atomic E-state index is 0.152. The lowest BCUT2D eigenvalue weighted by Gasteiger charge is -2.29. The Morgan fingerprint density at radius 1 is 1.24 bits per heavy atom. The number of nitrogens with zero attached hydrogens (tertiary/aromatic N) is 2. The van der Waals surface area contributed by atoms with Crippen molar-refractivity contribution < 1.29 is 0 Å². The maximum Gasteiger partial charge on any atom is 0.118 e. The van der Waals surface area contributed by atoms with Crippen LogP contribution in [0.4, 0.5) is 0 Å². The summed E-state index contributed by atoms with van der Waals surface area (Å²) >= 11 is 1.71. The second kappa shape index (κ2) is 5.91. The van der Waals surface area contributed by atoms with Gasteiger partial charge in [0.05, 0.1) is 0 Å². The molecule has 3 nitrogen and oxygen atoms in total. The van der Waals surface area contributed by atoms with Crippen molar-refractivity contribution in [2.75, 3.05) is 0 Å². The third-order valence-corrected chi connectivity index (χ3v) is 3.24. The number of hydrogen-bond donors (Lipinski definition) is 1. The molecule has 0 unspecified atom stereocenters. The van der Waals surface area contributed by atoms with Crippen LogP contribution in [0.3, 0.4) is 0 Å². The maximum absolute atomic E-state index is 4.22. The van der Waals surface area contributed by atoms with Gasteiger partial charge >= 0.3 is 0 Å². The molecule has 1 heterocycles. The van der Waals surface area contributed by atoms with E-state index in [0.29, 0.717) is 12.0 Å². The van der Waals surface area contributed by atoms with E-state index in [1.54, 1.807) is 11.3 Å². The van der Waals surface area contributed by atoms with Crippen LogP contribution in [0.2, 0.25) is 0 Å². The first kappa shape index (κ1) is 14.6. The SMILES string of the molecule is Cc1nnc(C[C@H](CC(C)C)NC(C)(C)C)s1. The highest BCUT2D eigenvalue weighted by atomic mass is 32.1. The largest absolute Gasteiger partial charge is 0.309 e. The molecule has 0 radical (unpaired) electrons. The molecule has 0 spiro atoms. The number of aromatic nitrogens is 2. The molecule has 0 saturated heterocycles. The van der Waals surface area contributed by atoms with Crippen LogP contribution in [-0.4, -0.2) is 21.8 Å². The van der Waals surface area contributed by atoms with Crippen molar-refractivity contribution in [3.05, 3.63) is 10.0 Å². The van der Waals surface area contributed by atoms with Gasteiger partial charge in [0, 0.05) is 18.0 Å². The molecular weight excluding hydrogens is 230 g/mol. The van der Waals surface area contributed by atoms with Gasteiger partial charge in [-0.05, 0) is 40.0 Å². The summed E-state index contributed by atoms with van der Waals surface area (Å²) in [5.41, 5.74) is 0.152. The zero-order valence-corrected chi connectivity index (χ0v) is 12.7. The molecule has 1 rings (SSSR count). The lowest BCUT2D eigenvalue weighted by Crippen LogP contribution is -2.45. The van der Waals surface area contributed by atoms with Crippen LogP contribution in [0.15, 0.2) is 0 Å². The van der Waals surface area contributed by atoms with E-state index in [1.807, 2.05) is 6.92 Å². The van der Waals surface area contributed by atoms with Gasteiger partial charge in [-0.3, -0.25) is 0 Å². The van der Waals surface area contributed by atoms with Gasteiger partial charge in [-0.2, -0.15) is 0 Å². The van der Waals surface area contributed by atoms with Crippen molar-refractivity contribution in [1.29, 1.82) is 0 Å². The quantitative estimate of drug-likeness (QED) is 0.878. The normalized spacial score (nSPS) is 14.3. The van der Waals surface area contributed by atoms with Crippen molar-refractivity contribution in [1.82, 2.24) is 15.5 Å². The molecule has 0 aliphatic rings. The number of rotatable bonds is 5. The van der Waals surface area contributed by atoms with Crippen molar-refractivity contribution in [2.45, 2.75) is 66.0 Å². The van der Waals surface area contributed by atoms with E-state index in [0.717, 1.165) is 16.4 Å². The number of aryl methyl sites for hydroxylation is 1. The molecule has 0 fully saturated rings. The Kier molecular flexibility index (Phi) is 5.07. The van der Waals surface area contributed by atoms with E-state index < -0.39 is 0 Å². The third kappa shape index (κ3) is 6.13. The van der Waals surface area contributed by atoms with E-state index in [1.165, 1.54) is 6.42 Å². The van der Waals surface area contributed by atoms with Crippen LogP contribution in [0.1, 0.15) is 51.1 Å². The Morgan fingerprint density at radius 3 is 2.29 bits per heavy atom. The second-order valence-electron chi connectivity index (χ2n) is 6.14. The Morgan fingerprint density at radius 2 is 1.88 bits per heavy atom. The fraction of sp³-hybridized carbons (Fsp3) is 0.846. The molecule has 17 heavy (non-hydrogen) atoms. The van der Waals surface area contributed by atoms with E-state index in [9.17, 15) is 0 Å². The fourth-order valence-electron chi connectivity index (χ4n) is 2.01. The molecule has 1 atom stereocenters. The number of hydrogen-bond acceptors (Lipinski definition) is 4. The van der Waals surface area contributed by atoms with Crippen LogP contribution in [0, 0.1) is 12.8 Å². The van der Waals surface area contributed by atoms with Gasteiger partial charge in [-0.25, -0.2) is 0 Å². The Labute approximate surface area is 109 Å². The van der Waals surface area contributed by atoms with Crippen molar-refractivity contribution in [3.63, 3.8) is 0 Å². The average molecular weight is 255 g/mol. The fourth-order valence-corrected chi connectivity index (χ4v) is 2.79. The minimum Gasteiger partial charge on any atom is -0.309 e. The van der Waals surface area contributed by atoms with Gasteiger partial charge in [0.1, 0.15) is 10.0 Å². The summed E-state index contributed by atoms with van der Waals surface area (Å²) in [6.45, 7) is 13.2. The molecule has 0 amide bonds. The van der Waals surface area contributed by atoms with Crippen LogP contribution in [-0.2, 0) is 6.42 Å². The number of nitrogens with one attached hydrogen (secondary N) is 1. The highest BCUT2D eigenvalue weighted by molar-refractivity contribution is 7.11. The average Bonchev–Trinajstić information content (AvgIpc) is 2.46. The summed E-state index contributed by atoms with van der Waals surface area (Å²) < 4.78 is 0. The molecule has 0 aromatic carbocycles. The molecule has 0 aliphatic heterocycles. The Hall–Kier alpha value is -0.480. The summed E-state index contributed by atoms with van der Waals surface area (Å²) in [5.74, 6) is 0.698. The molecule has 1 aromatic rings. The topological polar surface area (TPSA) is 37.8 Å². The van der Waals surface area contributed by atoms with Crippen molar-refractivity contribution in [2.24, 2.45) is 5.92 Å². The lowest BCUT2D eigenvalue weighted by molar-refractivity contribution is 0.319. The highest BCUT2D eigenvalue weighted by Gasteiger charge is 2.20. The first-order chi connectivity index (χ1) is 7.76. The second-order valence-corrected chi connectivity index (χ2v) is 7.41. The van der Waals surface area contributed by atoms with Gasteiger partial charge < -0.3 is 5.32 Å². The van der Waals surface area contributed by atoms with Crippen LogP contribution >= 0.6 is 11.3 Å². The summed E-state index contributed by atoms with van der Waals surface area (Å²) in [4.78, 5) is 0. The van der Waals surface area contributed by atoms with Gasteiger partial charge in [0.15, 0.2) is 0 Å². The van der Waals surface area contributed by atoms with Gasteiger partial charge in [-0.1, -0.05) is 13.8 Å². The Bertz CT molecular complexity index is 339. The highest BCUT2D eigenvalue weighted by Crippen LogP contribution is 2.16. The van der Waals surface area contributed by atoms with Crippen LogP contribution in [0.25, 0.3) is 0 Å². The Balaban J connectivity index is 2.63. The molecular formula is C13H25N3S. The predicted octanol–water partition coefficient (Wildman–Crippen LogP) is 3.19. The van der Waals surface area contributed by atoms with Crippen molar-refractivity contribution in [3.8, 4) is 0 Å². The summed E-state index contributed by atoms with van der Waals surface area (Å²) in [5, 5.41) is 14.2.